The summed E-state index contributed by atoms with van der Waals surface area (Å²) in [4.78, 5) is 15.5. The highest BCUT2D eigenvalue weighted by molar-refractivity contribution is 9.10. The molecule has 0 saturated carbocycles. The molecule has 7 heteroatoms. The lowest BCUT2D eigenvalue weighted by Gasteiger charge is -2.40. The van der Waals surface area contributed by atoms with E-state index in [1.807, 2.05) is 60.7 Å². The fourth-order valence-electron chi connectivity index (χ4n) is 4.01. The van der Waals surface area contributed by atoms with Crippen LogP contribution in [0.5, 0.6) is 5.75 Å². The fraction of sp³-hybridized carbons (Fsp3) is 0.269. The Hall–Kier alpha value is -3.03. The maximum Gasteiger partial charge on any atom is 0.257 e. The van der Waals surface area contributed by atoms with Gasteiger partial charge in [-0.05, 0) is 84.4 Å². The summed E-state index contributed by atoms with van der Waals surface area (Å²) in [6, 6.07) is 21.0. The van der Waals surface area contributed by atoms with Crippen molar-refractivity contribution in [3.8, 4) is 5.75 Å². The number of para-hydroxylation sites is 1. The van der Waals surface area contributed by atoms with E-state index < -0.39 is 0 Å². The number of halogens is 1. The molecule has 3 aromatic rings. The molecule has 1 fully saturated rings. The number of carbonyl (C=O) groups excluding carboxylic acids is 1. The third kappa shape index (κ3) is 5.67. The molecule has 0 unspecified atom stereocenters. The standard InChI is InChI=1S/C26H29BrN4O2/c1-26(2)17-31(15-14-28-26)24-13-10-19(16-22(24)27)30-25(32)21-6-4-5-7-23(21)29-18-8-11-20(33-3)12-9-18/h4-13,16,28-29H,14-15,17H2,1-3H3,(H,30,32). The highest BCUT2D eigenvalue weighted by Gasteiger charge is 2.26. The Morgan fingerprint density at radius 1 is 1.06 bits per heavy atom. The number of nitrogens with zero attached hydrogens (tertiary/aromatic N) is 1. The summed E-state index contributed by atoms with van der Waals surface area (Å²) in [5, 5.41) is 9.89. The predicted octanol–water partition coefficient (Wildman–Crippen LogP) is 5.64. The topological polar surface area (TPSA) is 65.6 Å². The van der Waals surface area contributed by atoms with E-state index >= 15 is 0 Å². The van der Waals surface area contributed by atoms with Crippen molar-refractivity contribution in [2.75, 3.05) is 42.3 Å². The van der Waals surface area contributed by atoms with Gasteiger partial charge in [0.05, 0.1) is 24.0 Å². The summed E-state index contributed by atoms with van der Waals surface area (Å²) in [7, 11) is 1.64. The van der Waals surface area contributed by atoms with Gasteiger partial charge in [0.15, 0.2) is 0 Å². The Morgan fingerprint density at radius 2 is 1.79 bits per heavy atom. The van der Waals surface area contributed by atoms with Crippen LogP contribution in [0.1, 0.15) is 24.2 Å². The second kappa shape index (κ2) is 9.85. The Labute approximate surface area is 203 Å². The van der Waals surface area contributed by atoms with Gasteiger partial charge in [0.1, 0.15) is 5.75 Å². The van der Waals surface area contributed by atoms with Crippen molar-refractivity contribution in [3.63, 3.8) is 0 Å². The Morgan fingerprint density at radius 3 is 2.48 bits per heavy atom. The smallest absolute Gasteiger partial charge is 0.257 e. The van der Waals surface area contributed by atoms with Gasteiger partial charge in [-0.3, -0.25) is 4.79 Å². The summed E-state index contributed by atoms with van der Waals surface area (Å²) in [6.07, 6.45) is 0. The second-order valence-electron chi connectivity index (χ2n) is 8.75. The van der Waals surface area contributed by atoms with Crippen LogP contribution < -0.4 is 25.6 Å². The van der Waals surface area contributed by atoms with Gasteiger partial charge in [0.25, 0.3) is 5.91 Å². The third-order valence-electron chi connectivity index (χ3n) is 5.66. The Balaban J connectivity index is 1.49. The number of amides is 1. The van der Waals surface area contributed by atoms with E-state index in [0.29, 0.717) is 5.56 Å². The van der Waals surface area contributed by atoms with Crippen LogP contribution in [-0.2, 0) is 0 Å². The zero-order valence-corrected chi connectivity index (χ0v) is 20.7. The van der Waals surface area contributed by atoms with Gasteiger partial charge in [0.2, 0.25) is 0 Å². The number of methoxy groups -OCH3 is 1. The van der Waals surface area contributed by atoms with E-state index in [1.54, 1.807) is 7.11 Å². The number of hydrogen-bond acceptors (Lipinski definition) is 5. The minimum absolute atomic E-state index is 0.0607. The number of piperazine rings is 1. The molecule has 172 valence electrons. The van der Waals surface area contributed by atoms with Crippen molar-refractivity contribution in [2.24, 2.45) is 0 Å². The molecule has 1 aliphatic heterocycles. The molecule has 0 spiro atoms. The minimum atomic E-state index is -0.172. The van der Waals surface area contributed by atoms with Crippen molar-refractivity contribution in [1.29, 1.82) is 0 Å². The molecule has 6 nitrogen and oxygen atoms in total. The largest absolute Gasteiger partial charge is 0.497 e. The first-order valence-electron chi connectivity index (χ1n) is 11.0. The van der Waals surface area contributed by atoms with E-state index in [4.69, 9.17) is 4.74 Å². The van der Waals surface area contributed by atoms with Crippen molar-refractivity contribution in [2.45, 2.75) is 19.4 Å². The number of nitrogens with one attached hydrogen (secondary N) is 3. The van der Waals surface area contributed by atoms with Crippen LogP contribution >= 0.6 is 15.9 Å². The van der Waals surface area contributed by atoms with E-state index in [1.165, 1.54) is 0 Å². The summed E-state index contributed by atoms with van der Waals surface area (Å²) in [6.45, 7) is 7.22. The predicted molar refractivity (Wildman–Crippen MR) is 139 cm³/mol. The van der Waals surface area contributed by atoms with Gasteiger partial charge in [-0.2, -0.15) is 0 Å². The van der Waals surface area contributed by atoms with Gasteiger partial charge in [-0.1, -0.05) is 12.1 Å². The van der Waals surface area contributed by atoms with Crippen LogP contribution in [0.2, 0.25) is 0 Å². The summed E-state index contributed by atoms with van der Waals surface area (Å²) in [5.41, 5.74) is 4.11. The summed E-state index contributed by atoms with van der Waals surface area (Å²) < 4.78 is 6.17. The van der Waals surface area contributed by atoms with Crippen LogP contribution in [0.4, 0.5) is 22.7 Å². The number of hydrogen-bond donors (Lipinski definition) is 3. The first-order chi connectivity index (χ1) is 15.8. The Bertz CT molecular complexity index is 1130. The van der Waals surface area contributed by atoms with Crippen LogP contribution in [0.3, 0.4) is 0 Å². The van der Waals surface area contributed by atoms with Gasteiger partial charge in [0, 0.05) is 41.0 Å². The number of carbonyl (C=O) groups is 1. The Kier molecular flexibility index (Phi) is 6.91. The lowest BCUT2D eigenvalue weighted by atomic mass is 10.0. The SMILES string of the molecule is COc1ccc(Nc2ccccc2C(=O)Nc2ccc(N3CCNC(C)(C)C3)c(Br)c2)cc1. The summed E-state index contributed by atoms with van der Waals surface area (Å²) in [5.74, 6) is 0.611. The first kappa shape index (κ1) is 23.1. The van der Waals surface area contributed by atoms with Gasteiger partial charge in [-0.25, -0.2) is 0 Å². The van der Waals surface area contributed by atoms with Gasteiger partial charge in [-0.15, -0.1) is 0 Å². The zero-order chi connectivity index (χ0) is 23.4. The molecule has 0 bridgehead atoms. The zero-order valence-electron chi connectivity index (χ0n) is 19.1. The highest BCUT2D eigenvalue weighted by Crippen LogP contribution is 2.32. The monoisotopic (exact) mass is 508 g/mol. The second-order valence-corrected chi connectivity index (χ2v) is 9.61. The number of ether oxygens (including phenoxy) is 1. The molecule has 1 amide bonds. The fourth-order valence-corrected chi connectivity index (χ4v) is 4.64. The molecule has 0 aliphatic carbocycles. The lowest BCUT2D eigenvalue weighted by molar-refractivity contribution is 0.102. The van der Waals surface area contributed by atoms with E-state index in [9.17, 15) is 4.79 Å². The molecule has 1 saturated heterocycles. The maximum absolute atomic E-state index is 13.1. The molecule has 0 atom stereocenters. The molecule has 3 N–H and O–H groups in total. The number of rotatable bonds is 6. The third-order valence-corrected chi connectivity index (χ3v) is 6.29. The van der Waals surface area contributed by atoms with Crippen molar-refractivity contribution >= 4 is 44.6 Å². The van der Waals surface area contributed by atoms with Crippen molar-refractivity contribution < 1.29 is 9.53 Å². The van der Waals surface area contributed by atoms with Crippen LogP contribution in [0.15, 0.2) is 71.2 Å². The average Bonchev–Trinajstić information content (AvgIpc) is 2.79. The van der Waals surface area contributed by atoms with E-state index in [0.717, 1.165) is 52.6 Å². The molecule has 3 aromatic carbocycles. The molecular weight excluding hydrogens is 480 g/mol. The molecule has 0 aromatic heterocycles. The number of anilines is 4. The minimum Gasteiger partial charge on any atom is -0.497 e. The van der Waals surface area contributed by atoms with Gasteiger partial charge >= 0.3 is 0 Å². The highest BCUT2D eigenvalue weighted by atomic mass is 79.9. The summed E-state index contributed by atoms with van der Waals surface area (Å²) >= 11 is 3.70. The van der Waals surface area contributed by atoms with Gasteiger partial charge < -0.3 is 25.6 Å². The molecule has 0 radical (unpaired) electrons. The van der Waals surface area contributed by atoms with E-state index in [2.05, 4.69) is 56.7 Å². The number of benzene rings is 3. The van der Waals surface area contributed by atoms with Crippen LogP contribution in [0, 0.1) is 0 Å². The van der Waals surface area contributed by atoms with Crippen LogP contribution in [0.25, 0.3) is 0 Å². The first-order valence-corrected chi connectivity index (χ1v) is 11.7. The maximum atomic E-state index is 13.1. The van der Waals surface area contributed by atoms with Crippen LogP contribution in [-0.4, -0.2) is 38.2 Å². The molecule has 33 heavy (non-hydrogen) atoms. The normalized spacial score (nSPS) is 15.1. The average molecular weight is 509 g/mol. The lowest BCUT2D eigenvalue weighted by Crippen LogP contribution is -2.57. The van der Waals surface area contributed by atoms with Crippen molar-refractivity contribution in [3.05, 3.63) is 76.8 Å². The molecule has 1 aliphatic rings. The van der Waals surface area contributed by atoms with E-state index in [-0.39, 0.29) is 11.4 Å². The molecule has 1 heterocycles. The quantitative estimate of drug-likeness (QED) is 0.401. The molecule has 4 rings (SSSR count). The molecular formula is C26H29BrN4O2. The van der Waals surface area contributed by atoms with Crippen molar-refractivity contribution in [1.82, 2.24) is 5.32 Å².